The van der Waals surface area contributed by atoms with E-state index < -0.39 is 46.0 Å². The molecule has 0 bridgehead atoms. The third-order valence-electron chi connectivity index (χ3n) is 4.96. The molecule has 2 aliphatic heterocycles. The smallest absolute Gasteiger partial charge is 0.548 e. The van der Waals surface area contributed by atoms with Crippen LogP contribution in [0.15, 0.2) is 30.3 Å². The largest absolute Gasteiger partial charge is 1.00 e. The molecule has 2 N–H and O–H groups in total. The average Bonchev–Trinajstić information content (AvgIpc) is 2.87. The second-order valence-corrected chi connectivity index (χ2v) is 8.87. The van der Waals surface area contributed by atoms with Crippen LogP contribution in [0.1, 0.15) is 13.8 Å². The standard InChI is InChI=1S/C18H22N2O6S.Na/c1-18(2)13(17(25)26)20-14(23)11(16(20)27-18)12(22)15(24)19(8-9-21)10-6-4-3-5-7-10;/h3-7,11-13,16,21-22H,8-9H2,1-2H3,(H,25,26);/q;+1/p-1/t11-,12+,13+,16-;/m1./s1. The van der Waals surface area contributed by atoms with Crippen LogP contribution >= 0.6 is 11.8 Å². The van der Waals surface area contributed by atoms with Crippen molar-refractivity contribution in [3.8, 4) is 0 Å². The Balaban J connectivity index is 0.00000280. The Labute approximate surface area is 189 Å². The summed E-state index contributed by atoms with van der Waals surface area (Å²) in [4.78, 5) is 39.2. The molecule has 0 aromatic heterocycles. The van der Waals surface area contributed by atoms with E-state index in [2.05, 4.69) is 0 Å². The van der Waals surface area contributed by atoms with Gasteiger partial charge in [0, 0.05) is 17.0 Å². The van der Waals surface area contributed by atoms with Crippen molar-refractivity contribution in [1.29, 1.82) is 0 Å². The van der Waals surface area contributed by atoms with Gasteiger partial charge < -0.3 is 29.9 Å². The van der Waals surface area contributed by atoms with Crippen LogP contribution in [0.4, 0.5) is 5.69 Å². The van der Waals surface area contributed by atoms with Crippen molar-refractivity contribution < 1.29 is 59.3 Å². The number of aliphatic carboxylic acids is 1. The van der Waals surface area contributed by atoms with Crippen LogP contribution in [-0.4, -0.2) is 68.3 Å². The average molecular weight is 416 g/mol. The Bertz CT molecular complexity index is 762. The molecule has 8 nitrogen and oxygen atoms in total. The number of para-hydroxylation sites is 1. The molecule has 0 saturated carbocycles. The second kappa shape index (κ2) is 8.73. The van der Waals surface area contributed by atoms with Crippen LogP contribution in [0.3, 0.4) is 0 Å². The molecule has 10 heteroatoms. The first-order valence-corrected chi connectivity index (χ1v) is 9.45. The van der Waals surface area contributed by atoms with Crippen molar-refractivity contribution in [3.05, 3.63) is 30.3 Å². The Morgan fingerprint density at radius 2 is 1.93 bits per heavy atom. The Morgan fingerprint density at radius 3 is 2.46 bits per heavy atom. The van der Waals surface area contributed by atoms with Crippen LogP contribution in [0, 0.1) is 5.92 Å². The maximum Gasteiger partial charge on any atom is 1.00 e. The first kappa shape index (κ1) is 23.2. The molecule has 3 rings (SSSR count). The summed E-state index contributed by atoms with van der Waals surface area (Å²) in [5.41, 5.74) is 0.492. The fraction of sp³-hybridized carbons (Fsp3) is 0.500. The van der Waals surface area contributed by atoms with Crippen molar-refractivity contribution in [2.45, 2.75) is 36.1 Å². The van der Waals surface area contributed by atoms with Gasteiger partial charge in [0.2, 0.25) is 5.91 Å². The minimum absolute atomic E-state index is 0. The zero-order chi connectivity index (χ0) is 19.9. The van der Waals surface area contributed by atoms with Gasteiger partial charge >= 0.3 is 29.6 Å². The molecule has 2 aliphatic rings. The molecule has 2 amide bonds. The monoisotopic (exact) mass is 416 g/mol. The SMILES string of the molecule is CC1(C)S[C@@H]2[C@H]([C@H](O)C(=O)N(CCO)c3ccccc3)C(=O)N2[C@H]1C(=O)[O-].[Na+]. The van der Waals surface area contributed by atoms with Crippen molar-refractivity contribution in [1.82, 2.24) is 4.90 Å². The van der Waals surface area contributed by atoms with Gasteiger partial charge in [-0.05, 0) is 26.0 Å². The number of amides is 2. The van der Waals surface area contributed by atoms with Gasteiger partial charge in [-0.25, -0.2) is 0 Å². The third-order valence-corrected chi connectivity index (χ3v) is 6.55. The van der Waals surface area contributed by atoms with E-state index in [0.717, 1.165) is 0 Å². The molecule has 28 heavy (non-hydrogen) atoms. The number of hydrogen-bond acceptors (Lipinski definition) is 7. The summed E-state index contributed by atoms with van der Waals surface area (Å²) in [6.45, 7) is 3.04. The van der Waals surface area contributed by atoms with Gasteiger partial charge in [0.1, 0.15) is 12.0 Å². The van der Waals surface area contributed by atoms with Gasteiger partial charge in [0.05, 0.1) is 24.0 Å². The molecule has 0 radical (unpaired) electrons. The van der Waals surface area contributed by atoms with Crippen LogP contribution in [0.5, 0.6) is 0 Å². The number of carboxylic acid groups (broad SMARTS) is 1. The molecular weight excluding hydrogens is 395 g/mol. The number of anilines is 1. The van der Waals surface area contributed by atoms with E-state index in [1.807, 2.05) is 0 Å². The van der Waals surface area contributed by atoms with Crippen LogP contribution in [0.25, 0.3) is 0 Å². The number of carbonyl (C=O) groups excluding carboxylic acids is 3. The van der Waals surface area contributed by atoms with E-state index in [4.69, 9.17) is 0 Å². The van der Waals surface area contributed by atoms with Gasteiger partial charge in [-0.15, -0.1) is 11.8 Å². The first-order chi connectivity index (χ1) is 12.7. The summed E-state index contributed by atoms with van der Waals surface area (Å²) in [5, 5.41) is 30.7. The number of aliphatic hydroxyl groups excluding tert-OH is 2. The van der Waals surface area contributed by atoms with Gasteiger partial charge in [0.15, 0.2) is 0 Å². The number of aliphatic hydroxyl groups is 2. The molecule has 1 aromatic carbocycles. The molecule has 0 aliphatic carbocycles. The van der Waals surface area contributed by atoms with E-state index in [-0.39, 0.29) is 42.7 Å². The molecule has 0 spiro atoms. The van der Waals surface area contributed by atoms with Gasteiger partial charge in [0.25, 0.3) is 5.91 Å². The minimum Gasteiger partial charge on any atom is -0.548 e. The number of carbonyl (C=O) groups is 3. The van der Waals surface area contributed by atoms with Crippen LogP contribution in [0.2, 0.25) is 0 Å². The summed E-state index contributed by atoms with van der Waals surface area (Å²) in [6.07, 6.45) is -1.63. The Morgan fingerprint density at radius 1 is 1.32 bits per heavy atom. The van der Waals surface area contributed by atoms with Crippen LogP contribution < -0.4 is 39.6 Å². The Hall–Kier alpha value is -1.10. The maximum atomic E-state index is 12.8. The number of carboxylic acids is 1. The minimum atomic E-state index is -1.63. The van der Waals surface area contributed by atoms with E-state index in [1.165, 1.54) is 21.6 Å². The van der Waals surface area contributed by atoms with Crippen molar-refractivity contribution >= 4 is 35.2 Å². The summed E-state index contributed by atoms with van der Waals surface area (Å²) < 4.78 is -0.791. The summed E-state index contributed by atoms with van der Waals surface area (Å²) in [6, 6.07) is 7.42. The van der Waals surface area contributed by atoms with E-state index in [9.17, 15) is 29.7 Å². The van der Waals surface area contributed by atoms with Gasteiger partial charge in [-0.3, -0.25) is 9.59 Å². The molecule has 146 valence electrons. The predicted molar refractivity (Wildman–Crippen MR) is 96.5 cm³/mol. The third kappa shape index (κ3) is 3.83. The normalized spacial score (nSPS) is 25.9. The molecule has 0 unspecified atom stereocenters. The molecule has 2 fully saturated rings. The first-order valence-electron chi connectivity index (χ1n) is 8.57. The number of nitrogens with zero attached hydrogens (tertiary/aromatic N) is 2. The van der Waals surface area contributed by atoms with Crippen LogP contribution in [-0.2, 0) is 14.4 Å². The fourth-order valence-electron chi connectivity index (χ4n) is 3.70. The summed E-state index contributed by atoms with van der Waals surface area (Å²) >= 11 is 1.24. The second-order valence-electron chi connectivity index (χ2n) is 7.10. The van der Waals surface area contributed by atoms with Gasteiger partial charge in [-0.2, -0.15) is 0 Å². The molecule has 2 saturated heterocycles. The maximum absolute atomic E-state index is 12.8. The molecular formula is C18H21N2NaO6S. The zero-order valence-corrected chi connectivity index (χ0v) is 18.8. The zero-order valence-electron chi connectivity index (χ0n) is 15.9. The van der Waals surface area contributed by atoms with Crippen molar-refractivity contribution in [2.24, 2.45) is 5.92 Å². The number of fused-ring (bicyclic) bond motifs is 1. The number of thioether (sulfide) groups is 1. The number of β-lactam (4-membered cyclic amide) rings is 1. The quantitative estimate of drug-likeness (QED) is 0.356. The van der Waals surface area contributed by atoms with Crippen molar-refractivity contribution in [3.63, 3.8) is 0 Å². The fourth-order valence-corrected chi connectivity index (χ4v) is 5.41. The molecule has 4 atom stereocenters. The number of hydrogen-bond donors (Lipinski definition) is 2. The molecule has 2 heterocycles. The van der Waals surface area contributed by atoms with Crippen molar-refractivity contribution in [2.75, 3.05) is 18.1 Å². The van der Waals surface area contributed by atoms with E-state index in [1.54, 1.807) is 44.2 Å². The van der Waals surface area contributed by atoms with Gasteiger partial charge in [-0.1, -0.05) is 18.2 Å². The summed E-state index contributed by atoms with van der Waals surface area (Å²) in [5.74, 6) is -3.67. The predicted octanol–water partition coefficient (Wildman–Crippen LogP) is -4.19. The van der Waals surface area contributed by atoms with E-state index >= 15 is 0 Å². The molecule has 1 aromatic rings. The van der Waals surface area contributed by atoms with E-state index in [0.29, 0.717) is 5.69 Å². The number of benzene rings is 1. The topological polar surface area (TPSA) is 121 Å². The number of rotatable bonds is 6. The Kier molecular flexibility index (Phi) is 7.22. The summed E-state index contributed by atoms with van der Waals surface area (Å²) in [7, 11) is 0.